The molecule has 0 bridgehead atoms. The number of nitrogens with zero attached hydrogens (tertiary/aromatic N) is 1. The summed E-state index contributed by atoms with van der Waals surface area (Å²) in [7, 11) is 0. The summed E-state index contributed by atoms with van der Waals surface area (Å²) in [6.45, 7) is 1.73. The quantitative estimate of drug-likeness (QED) is 0.551. The minimum absolute atomic E-state index is 0.142. The van der Waals surface area contributed by atoms with Crippen molar-refractivity contribution in [3.8, 4) is 0 Å². The molecule has 0 fully saturated rings. The van der Waals surface area contributed by atoms with Crippen LogP contribution >= 0.6 is 0 Å². The summed E-state index contributed by atoms with van der Waals surface area (Å²) in [5.74, 6) is 0.206. The number of anilines is 1. The molecule has 9 nitrogen and oxygen atoms in total. The van der Waals surface area contributed by atoms with Crippen LogP contribution in [0.1, 0.15) is 12.7 Å². The second kappa shape index (κ2) is 7.77. The molecule has 0 aliphatic carbocycles. The number of hydrogen-bond acceptors (Lipinski definition) is 5. The van der Waals surface area contributed by atoms with Gasteiger partial charge in [-0.2, -0.15) is 0 Å². The van der Waals surface area contributed by atoms with Crippen LogP contribution in [0.3, 0.4) is 0 Å². The van der Waals surface area contributed by atoms with Crippen molar-refractivity contribution in [2.24, 2.45) is 0 Å². The largest absolute Gasteiger partial charge is 0.467 e. The van der Waals surface area contributed by atoms with Crippen molar-refractivity contribution < 1.29 is 18.9 Å². The van der Waals surface area contributed by atoms with Crippen LogP contribution in [0.2, 0.25) is 0 Å². The monoisotopic (exact) mass is 332 g/mol. The molecule has 0 radical (unpaired) electrons. The molecule has 0 aliphatic rings. The van der Waals surface area contributed by atoms with E-state index in [9.17, 15) is 19.7 Å². The molecule has 3 amide bonds. The normalized spacial score (nSPS) is 11.4. The van der Waals surface area contributed by atoms with E-state index >= 15 is 0 Å². The summed E-state index contributed by atoms with van der Waals surface area (Å²) >= 11 is 0. The molecule has 1 aromatic heterocycles. The lowest BCUT2D eigenvalue weighted by atomic mass is 10.3. The Hall–Kier alpha value is -3.36. The highest BCUT2D eigenvalue weighted by Gasteiger charge is 2.16. The minimum Gasteiger partial charge on any atom is -0.467 e. The van der Waals surface area contributed by atoms with Gasteiger partial charge < -0.3 is 20.4 Å². The second-order valence-electron chi connectivity index (χ2n) is 4.92. The van der Waals surface area contributed by atoms with Gasteiger partial charge in [0.2, 0.25) is 5.91 Å². The van der Waals surface area contributed by atoms with Gasteiger partial charge in [-0.05, 0) is 25.1 Å². The molecule has 1 aromatic carbocycles. The first-order valence-electron chi connectivity index (χ1n) is 7.08. The van der Waals surface area contributed by atoms with Crippen LogP contribution in [0.4, 0.5) is 16.2 Å². The zero-order valence-corrected chi connectivity index (χ0v) is 12.8. The highest BCUT2D eigenvalue weighted by molar-refractivity contribution is 5.93. The van der Waals surface area contributed by atoms with Crippen LogP contribution in [-0.4, -0.2) is 22.9 Å². The van der Waals surface area contributed by atoms with Crippen molar-refractivity contribution >= 4 is 23.3 Å². The molecule has 2 aromatic rings. The number of carbonyl (C=O) groups excluding carboxylic acids is 2. The molecular formula is C15H16N4O5. The van der Waals surface area contributed by atoms with Gasteiger partial charge in [0.25, 0.3) is 5.69 Å². The maximum Gasteiger partial charge on any atom is 0.319 e. The van der Waals surface area contributed by atoms with E-state index in [4.69, 9.17) is 4.42 Å². The Kier molecular flexibility index (Phi) is 5.50. The third kappa shape index (κ3) is 4.83. The number of non-ortho nitro benzene ring substituents is 1. The number of furan rings is 1. The van der Waals surface area contributed by atoms with Gasteiger partial charge in [-0.25, -0.2) is 4.79 Å². The van der Waals surface area contributed by atoms with E-state index in [0.717, 1.165) is 0 Å². The average Bonchev–Trinajstić information content (AvgIpc) is 3.06. The second-order valence-corrected chi connectivity index (χ2v) is 4.92. The van der Waals surface area contributed by atoms with E-state index in [0.29, 0.717) is 5.76 Å². The topological polar surface area (TPSA) is 127 Å². The molecule has 0 aliphatic heterocycles. The average molecular weight is 332 g/mol. The minimum atomic E-state index is -0.793. The zero-order chi connectivity index (χ0) is 17.5. The summed E-state index contributed by atoms with van der Waals surface area (Å²) < 4.78 is 5.08. The van der Waals surface area contributed by atoms with E-state index in [-0.39, 0.29) is 23.8 Å². The van der Waals surface area contributed by atoms with Crippen LogP contribution in [0, 0.1) is 10.1 Å². The molecule has 24 heavy (non-hydrogen) atoms. The predicted octanol–water partition coefficient (Wildman–Crippen LogP) is 2.01. The Morgan fingerprint density at radius 2 is 2.08 bits per heavy atom. The number of benzene rings is 1. The van der Waals surface area contributed by atoms with Crippen molar-refractivity contribution in [3.05, 3.63) is 58.5 Å². The molecule has 3 N–H and O–H groups in total. The maximum absolute atomic E-state index is 11.9. The third-order valence-corrected chi connectivity index (χ3v) is 3.07. The number of carbonyl (C=O) groups is 2. The number of nitro groups is 1. The summed E-state index contributed by atoms with van der Waals surface area (Å²) in [6.07, 6.45) is 1.50. The first kappa shape index (κ1) is 17.0. The van der Waals surface area contributed by atoms with Gasteiger partial charge in [0.15, 0.2) is 0 Å². The summed E-state index contributed by atoms with van der Waals surface area (Å²) in [4.78, 5) is 33.9. The van der Waals surface area contributed by atoms with E-state index in [1.54, 1.807) is 12.1 Å². The van der Waals surface area contributed by atoms with Crippen LogP contribution in [-0.2, 0) is 11.3 Å². The van der Waals surface area contributed by atoms with Gasteiger partial charge in [0.05, 0.1) is 17.7 Å². The van der Waals surface area contributed by atoms with E-state index < -0.39 is 17.0 Å². The third-order valence-electron chi connectivity index (χ3n) is 3.07. The Labute approximate surface area is 137 Å². The van der Waals surface area contributed by atoms with Crippen LogP contribution < -0.4 is 16.0 Å². The molecule has 1 heterocycles. The molecule has 1 unspecified atom stereocenters. The number of nitro benzene ring substituents is 1. The standard InChI is InChI=1S/C15H16N4O5/c1-10(14(20)16-9-13-6-3-7-24-13)17-15(21)18-11-4-2-5-12(8-11)19(22)23/h2-8,10H,9H2,1H3,(H,16,20)(H2,17,18,21). The van der Waals surface area contributed by atoms with E-state index in [1.807, 2.05) is 0 Å². The molecule has 1 atom stereocenters. The fourth-order valence-corrected chi connectivity index (χ4v) is 1.87. The number of amides is 3. The van der Waals surface area contributed by atoms with Gasteiger partial charge in [-0.15, -0.1) is 0 Å². The Morgan fingerprint density at radius 3 is 2.75 bits per heavy atom. The Bertz CT molecular complexity index is 729. The Morgan fingerprint density at radius 1 is 1.29 bits per heavy atom. The van der Waals surface area contributed by atoms with Crippen molar-refractivity contribution in [1.29, 1.82) is 0 Å². The maximum atomic E-state index is 11.9. The SMILES string of the molecule is CC(NC(=O)Nc1cccc([N+](=O)[O-])c1)C(=O)NCc1ccco1. The van der Waals surface area contributed by atoms with Crippen LogP contribution in [0.25, 0.3) is 0 Å². The molecule has 0 saturated carbocycles. The smallest absolute Gasteiger partial charge is 0.319 e. The molecule has 0 saturated heterocycles. The number of rotatable bonds is 6. The van der Waals surface area contributed by atoms with E-state index in [1.165, 1.54) is 37.5 Å². The van der Waals surface area contributed by atoms with Gasteiger partial charge in [0.1, 0.15) is 11.8 Å². The zero-order valence-electron chi connectivity index (χ0n) is 12.8. The van der Waals surface area contributed by atoms with Crippen molar-refractivity contribution in [1.82, 2.24) is 10.6 Å². The van der Waals surface area contributed by atoms with E-state index in [2.05, 4.69) is 16.0 Å². The van der Waals surface area contributed by atoms with Crippen molar-refractivity contribution in [2.45, 2.75) is 19.5 Å². The summed E-state index contributed by atoms with van der Waals surface area (Å²) in [5, 5.41) is 18.2. The summed E-state index contributed by atoms with van der Waals surface area (Å²) in [6, 6.07) is 7.48. The molecule has 0 spiro atoms. The molecule has 126 valence electrons. The van der Waals surface area contributed by atoms with Gasteiger partial charge >= 0.3 is 6.03 Å². The lowest BCUT2D eigenvalue weighted by Crippen LogP contribution is -2.46. The lowest BCUT2D eigenvalue weighted by Gasteiger charge is -2.14. The first-order chi connectivity index (χ1) is 11.5. The number of urea groups is 1. The first-order valence-corrected chi connectivity index (χ1v) is 7.08. The van der Waals surface area contributed by atoms with Crippen molar-refractivity contribution in [3.63, 3.8) is 0 Å². The van der Waals surface area contributed by atoms with Gasteiger partial charge in [-0.3, -0.25) is 14.9 Å². The van der Waals surface area contributed by atoms with Crippen LogP contribution in [0.5, 0.6) is 0 Å². The number of nitrogens with one attached hydrogen (secondary N) is 3. The van der Waals surface area contributed by atoms with Crippen LogP contribution in [0.15, 0.2) is 47.1 Å². The number of hydrogen-bond donors (Lipinski definition) is 3. The highest BCUT2D eigenvalue weighted by Crippen LogP contribution is 2.16. The lowest BCUT2D eigenvalue weighted by molar-refractivity contribution is -0.384. The molecule has 2 rings (SSSR count). The summed E-state index contributed by atoms with van der Waals surface area (Å²) in [5.41, 5.74) is 0.113. The highest BCUT2D eigenvalue weighted by atomic mass is 16.6. The van der Waals surface area contributed by atoms with Gasteiger partial charge in [-0.1, -0.05) is 6.07 Å². The molecule has 9 heteroatoms. The fourth-order valence-electron chi connectivity index (χ4n) is 1.87. The Balaban J connectivity index is 1.83. The van der Waals surface area contributed by atoms with Crippen molar-refractivity contribution in [2.75, 3.05) is 5.32 Å². The van der Waals surface area contributed by atoms with Gasteiger partial charge in [0, 0.05) is 17.8 Å². The fraction of sp³-hybridized carbons (Fsp3) is 0.200. The molecular weight excluding hydrogens is 316 g/mol. The predicted molar refractivity (Wildman–Crippen MR) is 85.3 cm³/mol.